The predicted molar refractivity (Wildman–Crippen MR) is 72.2 cm³/mol. The largest absolute Gasteiger partial charge is 0.466 e. The van der Waals surface area contributed by atoms with Crippen molar-refractivity contribution in [1.82, 2.24) is 10.6 Å². The van der Waals surface area contributed by atoms with E-state index in [1.54, 1.807) is 0 Å². The van der Waals surface area contributed by atoms with Crippen LogP contribution in [-0.4, -0.2) is 30.8 Å². The molecule has 2 N–H and O–H groups in total. The number of furan rings is 1. The Bertz CT molecular complexity index is 448. The van der Waals surface area contributed by atoms with Crippen LogP contribution in [0.25, 0.3) is 0 Å². The quantitative estimate of drug-likeness (QED) is 0.861. The highest BCUT2D eigenvalue weighted by atomic mass is 16.6. The van der Waals surface area contributed by atoms with E-state index < -0.39 is 5.60 Å². The fourth-order valence-electron chi connectivity index (χ4n) is 2.24. The van der Waals surface area contributed by atoms with Gasteiger partial charge < -0.3 is 19.8 Å². The summed E-state index contributed by atoms with van der Waals surface area (Å²) >= 11 is 0. The normalized spacial score (nSPS) is 23.4. The van der Waals surface area contributed by atoms with Gasteiger partial charge in [-0.15, -0.1) is 0 Å². The Hall–Kier alpha value is -1.49. The Morgan fingerprint density at radius 3 is 2.74 bits per heavy atom. The molecule has 2 heterocycles. The van der Waals surface area contributed by atoms with Gasteiger partial charge in [-0.3, -0.25) is 0 Å². The summed E-state index contributed by atoms with van der Waals surface area (Å²) in [4.78, 5) is 11.8. The SMILES string of the molecule is Cc1ccc([C@@H]2CNC[C@H]2NC(=O)OC(C)(C)C)o1. The number of amides is 1. The van der Waals surface area contributed by atoms with E-state index in [-0.39, 0.29) is 18.1 Å². The minimum absolute atomic E-state index is 0.000370. The number of carbonyl (C=O) groups is 1. The first-order valence-corrected chi connectivity index (χ1v) is 6.62. The molecule has 0 aromatic carbocycles. The number of carbonyl (C=O) groups excluding carboxylic acids is 1. The minimum Gasteiger partial charge on any atom is -0.466 e. The zero-order valence-corrected chi connectivity index (χ0v) is 11.9. The Labute approximate surface area is 113 Å². The molecule has 0 radical (unpaired) electrons. The molecule has 1 aromatic rings. The lowest BCUT2D eigenvalue weighted by molar-refractivity contribution is 0.0503. The lowest BCUT2D eigenvalue weighted by Crippen LogP contribution is -2.42. The number of aryl methyl sites for hydroxylation is 1. The highest BCUT2D eigenvalue weighted by molar-refractivity contribution is 5.68. The van der Waals surface area contributed by atoms with Gasteiger partial charge in [-0.1, -0.05) is 0 Å². The van der Waals surface area contributed by atoms with Gasteiger partial charge in [-0.05, 0) is 39.8 Å². The molecule has 5 nitrogen and oxygen atoms in total. The summed E-state index contributed by atoms with van der Waals surface area (Å²) < 4.78 is 10.9. The summed E-state index contributed by atoms with van der Waals surface area (Å²) in [7, 11) is 0. The van der Waals surface area contributed by atoms with Gasteiger partial charge in [-0.2, -0.15) is 0 Å². The fraction of sp³-hybridized carbons (Fsp3) is 0.643. The number of alkyl carbamates (subject to hydrolysis) is 1. The molecule has 0 unspecified atom stereocenters. The van der Waals surface area contributed by atoms with Gasteiger partial charge in [0, 0.05) is 13.1 Å². The molecule has 106 valence electrons. The standard InChI is InChI=1S/C14H22N2O3/c1-9-5-6-12(18-9)10-7-15-8-11(10)16-13(17)19-14(2,3)4/h5-6,10-11,15H,7-8H2,1-4H3,(H,16,17)/t10-,11-/m1/s1. The van der Waals surface area contributed by atoms with Gasteiger partial charge >= 0.3 is 6.09 Å². The van der Waals surface area contributed by atoms with E-state index in [1.807, 2.05) is 39.8 Å². The molecule has 2 rings (SSSR count). The van der Waals surface area contributed by atoms with E-state index in [0.29, 0.717) is 0 Å². The highest BCUT2D eigenvalue weighted by Crippen LogP contribution is 2.25. The summed E-state index contributed by atoms with van der Waals surface area (Å²) in [5.41, 5.74) is -0.479. The molecule has 2 atom stereocenters. The molecule has 1 amide bonds. The van der Waals surface area contributed by atoms with Gasteiger partial charge in [0.25, 0.3) is 0 Å². The van der Waals surface area contributed by atoms with Crippen molar-refractivity contribution in [1.29, 1.82) is 0 Å². The summed E-state index contributed by atoms with van der Waals surface area (Å²) in [6, 6.07) is 3.91. The van der Waals surface area contributed by atoms with Crippen LogP contribution >= 0.6 is 0 Å². The Morgan fingerprint density at radius 1 is 1.42 bits per heavy atom. The number of ether oxygens (including phenoxy) is 1. The van der Waals surface area contributed by atoms with E-state index in [0.717, 1.165) is 24.6 Å². The second-order valence-electron chi connectivity index (χ2n) is 5.97. The first-order valence-electron chi connectivity index (χ1n) is 6.62. The molecule has 1 fully saturated rings. The molecule has 0 bridgehead atoms. The van der Waals surface area contributed by atoms with Gasteiger partial charge in [0.15, 0.2) is 0 Å². The average Bonchev–Trinajstić information content (AvgIpc) is 2.83. The van der Waals surface area contributed by atoms with Crippen LogP contribution in [0.2, 0.25) is 0 Å². The van der Waals surface area contributed by atoms with E-state index in [1.165, 1.54) is 0 Å². The van der Waals surface area contributed by atoms with Crippen molar-refractivity contribution in [3.05, 3.63) is 23.7 Å². The van der Waals surface area contributed by atoms with E-state index in [2.05, 4.69) is 10.6 Å². The second-order valence-corrected chi connectivity index (χ2v) is 5.97. The van der Waals surface area contributed by atoms with E-state index in [4.69, 9.17) is 9.15 Å². The molecule has 1 aromatic heterocycles. The maximum Gasteiger partial charge on any atom is 0.407 e. The Balaban J connectivity index is 1.98. The topological polar surface area (TPSA) is 63.5 Å². The van der Waals surface area contributed by atoms with Crippen LogP contribution in [0.4, 0.5) is 4.79 Å². The van der Waals surface area contributed by atoms with Crippen molar-refractivity contribution in [3.63, 3.8) is 0 Å². The van der Waals surface area contributed by atoms with Gasteiger partial charge in [-0.25, -0.2) is 4.79 Å². The van der Waals surface area contributed by atoms with Crippen LogP contribution in [0.15, 0.2) is 16.5 Å². The van der Waals surface area contributed by atoms with Crippen LogP contribution in [0.3, 0.4) is 0 Å². The van der Waals surface area contributed by atoms with Gasteiger partial charge in [0.2, 0.25) is 0 Å². The highest BCUT2D eigenvalue weighted by Gasteiger charge is 2.32. The van der Waals surface area contributed by atoms with Crippen LogP contribution in [-0.2, 0) is 4.74 Å². The predicted octanol–water partition coefficient (Wildman–Crippen LogP) is 2.17. The molecule has 0 spiro atoms. The zero-order valence-electron chi connectivity index (χ0n) is 11.9. The molecule has 1 saturated heterocycles. The maximum absolute atomic E-state index is 11.8. The summed E-state index contributed by atoms with van der Waals surface area (Å²) in [6.45, 7) is 9.01. The fourth-order valence-corrected chi connectivity index (χ4v) is 2.24. The molecule has 0 saturated carbocycles. The van der Waals surface area contributed by atoms with E-state index in [9.17, 15) is 4.79 Å². The first-order chi connectivity index (χ1) is 8.85. The third kappa shape index (κ3) is 3.73. The van der Waals surface area contributed by atoms with Crippen molar-refractivity contribution in [2.24, 2.45) is 0 Å². The van der Waals surface area contributed by atoms with Gasteiger partial charge in [0.05, 0.1) is 12.0 Å². The molecule has 19 heavy (non-hydrogen) atoms. The van der Waals surface area contributed by atoms with Crippen LogP contribution in [0.5, 0.6) is 0 Å². The minimum atomic E-state index is -0.479. The van der Waals surface area contributed by atoms with Crippen LogP contribution in [0.1, 0.15) is 38.2 Å². The van der Waals surface area contributed by atoms with E-state index >= 15 is 0 Å². The Kier molecular flexibility index (Phi) is 3.85. The van der Waals surface area contributed by atoms with Gasteiger partial charge in [0.1, 0.15) is 17.1 Å². The second kappa shape index (κ2) is 5.25. The van der Waals surface area contributed by atoms with Crippen molar-refractivity contribution in [2.45, 2.75) is 45.3 Å². The Morgan fingerprint density at radius 2 is 2.16 bits per heavy atom. The average molecular weight is 266 g/mol. The molecule has 5 heteroatoms. The summed E-state index contributed by atoms with van der Waals surface area (Å²) in [6.07, 6.45) is -0.380. The molecule has 1 aliphatic heterocycles. The lowest BCUT2D eigenvalue weighted by atomic mass is 10.0. The molecule has 0 aliphatic carbocycles. The number of hydrogen-bond donors (Lipinski definition) is 2. The zero-order chi connectivity index (χ0) is 14.0. The number of rotatable bonds is 2. The van der Waals surface area contributed by atoms with Crippen molar-refractivity contribution in [3.8, 4) is 0 Å². The monoisotopic (exact) mass is 266 g/mol. The smallest absolute Gasteiger partial charge is 0.407 e. The molecular weight excluding hydrogens is 244 g/mol. The summed E-state index contributed by atoms with van der Waals surface area (Å²) in [5, 5.41) is 6.18. The van der Waals surface area contributed by atoms with Crippen molar-refractivity contribution < 1.29 is 13.9 Å². The van der Waals surface area contributed by atoms with Crippen molar-refractivity contribution in [2.75, 3.05) is 13.1 Å². The third-order valence-electron chi connectivity index (χ3n) is 3.04. The number of nitrogens with one attached hydrogen (secondary N) is 2. The van der Waals surface area contributed by atoms with Crippen molar-refractivity contribution >= 4 is 6.09 Å². The van der Waals surface area contributed by atoms with Crippen LogP contribution in [0, 0.1) is 6.92 Å². The molecule has 1 aliphatic rings. The summed E-state index contributed by atoms with van der Waals surface area (Å²) in [5.74, 6) is 1.95. The maximum atomic E-state index is 11.8. The first kappa shape index (κ1) is 13.9. The lowest BCUT2D eigenvalue weighted by Gasteiger charge is -2.23. The third-order valence-corrected chi connectivity index (χ3v) is 3.04. The number of hydrogen-bond acceptors (Lipinski definition) is 4. The molecular formula is C14H22N2O3. The van der Waals surface area contributed by atoms with Crippen LogP contribution < -0.4 is 10.6 Å².